The highest BCUT2D eigenvalue weighted by molar-refractivity contribution is 5.91. The van der Waals surface area contributed by atoms with Crippen molar-refractivity contribution in [1.82, 2.24) is 9.88 Å². The fourth-order valence-electron chi connectivity index (χ4n) is 3.65. The minimum atomic E-state index is 0.0523. The molecule has 5 nitrogen and oxygen atoms in total. The number of methoxy groups -OCH3 is 2. The van der Waals surface area contributed by atoms with E-state index in [2.05, 4.69) is 42.2 Å². The van der Waals surface area contributed by atoms with Gasteiger partial charge in [0, 0.05) is 30.6 Å². The molecule has 140 valence electrons. The summed E-state index contributed by atoms with van der Waals surface area (Å²) < 4.78 is 17.2. The maximum Gasteiger partial charge on any atom is 0.218 e. The lowest BCUT2D eigenvalue weighted by Crippen LogP contribution is -2.30. The first-order valence-electron chi connectivity index (χ1n) is 9.15. The smallest absolute Gasteiger partial charge is 0.218 e. The Morgan fingerprint density at radius 3 is 2.56 bits per heavy atom. The number of hydrogen-bond acceptors (Lipinski definition) is 5. The van der Waals surface area contributed by atoms with Gasteiger partial charge in [0.15, 0.2) is 0 Å². The molecular formula is C22H24N2O3. The normalized spacial score (nSPS) is 17.1. The standard InChI is InChI=1S/C22H24N2O3/c1-15-12-24(13-16-7-5-4-6-8-16)14-17-11-18-19(25-2)9-10-20(26-3)21(18)23-22(17)27-15/h4-11,15H,12-14H2,1-3H3. The first-order valence-corrected chi connectivity index (χ1v) is 9.15. The topological polar surface area (TPSA) is 43.8 Å². The molecule has 0 radical (unpaired) electrons. The summed E-state index contributed by atoms with van der Waals surface area (Å²) in [5.74, 6) is 2.18. The summed E-state index contributed by atoms with van der Waals surface area (Å²) in [5, 5.41) is 0.938. The zero-order valence-electron chi connectivity index (χ0n) is 15.9. The molecule has 0 spiro atoms. The summed E-state index contributed by atoms with van der Waals surface area (Å²) in [4.78, 5) is 7.19. The third-order valence-electron chi connectivity index (χ3n) is 4.86. The second-order valence-electron chi connectivity index (χ2n) is 6.90. The van der Waals surface area contributed by atoms with Gasteiger partial charge in [0.1, 0.15) is 23.1 Å². The lowest BCUT2D eigenvalue weighted by Gasteiger charge is -2.21. The molecule has 0 saturated carbocycles. The molecule has 2 aromatic carbocycles. The van der Waals surface area contributed by atoms with Crippen LogP contribution in [0, 0.1) is 0 Å². The Labute approximate surface area is 159 Å². The fourth-order valence-corrected chi connectivity index (χ4v) is 3.65. The van der Waals surface area contributed by atoms with E-state index in [0.717, 1.165) is 47.6 Å². The van der Waals surface area contributed by atoms with Gasteiger partial charge in [0.25, 0.3) is 0 Å². The summed E-state index contributed by atoms with van der Waals surface area (Å²) >= 11 is 0. The zero-order valence-corrected chi connectivity index (χ0v) is 15.9. The minimum Gasteiger partial charge on any atom is -0.496 e. The molecule has 27 heavy (non-hydrogen) atoms. The van der Waals surface area contributed by atoms with Crippen molar-refractivity contribution >= 4 is 10.9 Å². The highest BCUT2D eigenvalue weighted by Crippen LogP contribution is 2.36. The van der Waals surface area contributed by atoms with E-state index in [1.165, 1.54) is 5.56 Å². The predicted octanol–water partition coefficient (Wildman–Crippen LogP) is 4.04. The van der Waals surface area contributed by atoms with Crippen LogP contribution in [-0.4, -0.2) is 36.8 Å². The fraction of sp³-hybridized carbons (Fsp3) is 0.318. The highest BCUT2D eigenvalue weighted by Gasteiger charge is 2.23. The molecule has 0 bridgehead atoms. The minimum absolute atomic E-state index is 0.0523. The molecule has 1 aliphatic rings. The van der Waals surface area contributed by atoms with E-state index in [-0.39, 0.29) is 6.10 Å². The number of fused-ring (bicyclic) bond motifs is 2. The van der Waals surface area contributed by atoms with Gasteiger partial charge in [0.2, 0.25) is 5.88 Å². The summed E-state index contributed by atoms with van der Waals surface area (Å²) in [6, 6.07) is 16.4. The Morgan fingerprint density at radius 1 is 1.07 bits per heavy atom. The average molecular weight is 364 g/mol. The molecule has 0 saturated heterocycles. The van der Waals surface area contributed by atoms with Crippen molar-refractivity contribution in [1.29, 1.82) is 0 Å². The van der Waals surface area contributed by atoms with Crippen LogP contribution in [0.25, 0.3) is 10.9 Å². The van der Waals surface area contributed by atoms with E-state index in [1.54, 1.807) is 14.2 Å². The number of rotatable bonds is 4. The zero-order chi connectivity index (χ0) is 18.8. The molecule has 0 aliphatic carbocycles. The summed E-state index contributed by atoms with van der Waals surface area (Å²) in [5.41, 5.74) is 3.12. The third-order valence-corrected chi connectivity index (χ3v) is 4.86. The molecule has 5 heteroatoms. The third kappa shape index (κ3) is 3.55. The predicted molar refractivity (Wildman–Crippen MR) is 105 cm³/mol. The Balaban J connectivity index is 1.75. The number of aromatic nitrogens is 1. The van der Waals surface area contributed by atoms with Gasteiger partial charge in [-0.1, -0.05) is 30.3 Å². The summed E-state index contributed by atoms with van der Waals surface area (Å²) in [6.45, 7) is 4.58. The molecule has 0 N–H and O–H groups in total. The van der Waals surface area contributed by atoms with Crippen LogP contribution in [0.15, 0.2) is 48.5 Å². The molecule has 2 heterocycles. The lowest BCUT2D eigenvalue weighted by atomic mass is 10.1. The van der Waals surface area contributed by atoms with Gasteiger partial charge in [0.05, 0.1) is 14.2 Å². The quantitative estimate of drug-likeness (QED) is 0.699. The van der Waals surface area contributed by atoms with Crippen LogP contribution < -0.4 is 14.2 Å². The molecule has 1 aromatic heterocycles. The van der Waals surface area contributed by atoms with Crippen molar-refractivity contribution in [2.75, 3.05) is 20.8 Å². The molecule has 3 aromatic rings. The first-order chi connectivity index (χ1) is 13.2. The Bertz CT molecular complexity index is 943. The Morgan fingerprint density at radius 2 is 1.81 bits per heavy atom. The van der Waals surface area contributed by atoms with Crippen LogP contribution in [0.1, 0.15) is 18.1 Å². The number of nitrogens with zero attached hydrogens (tertiary/aromatic N) is 2. The van der Waals surface area contributed by atoms with E-state index >= 15 is 0 Å². The van der Waals surface area contributed by atoms with Crippen LogP contribution in [0.3, 0.4) is 0 Å². The number of ether oxygens (including phenoxy) is 3. The monoisotopic (exact) mass is 364 g/mol. The second kappa shape index (κ2) is 7.45. The molecule has 0 amide bonds. The van der Waals surface area contributed by atoms with Crippen molar-refractivity contribution in [3.63, 3.8) is 0 Å². The van der Waals surface area contributed by atoms with Crippen molar-refractivity contribution < 1.29 is 14.2 Å². The van der Waals surface area contributed by atoms with Crippen LogP contribution >= 0.6 is 0 Å². The molecule has 1 unspecified atom stereocenters. The SMILES string of the molecule is COc1ccc(OC)c2nc3c(cc12)CN(Cc1ccccc1)CC(C)O3. The number of pyridine rings is 1. The van der Waals surface area contributed by atoms with Gasteiger partial charge in [-0.05, 0) is 30.7 Å². The second-order valence-corrected chi connectivity index (χ2v) is 6.90. The summed E-state index contributed by atoms with van der Waals surface area (Å²) in [6.07, 6.45) is 0.0523. The number of benzene rings is 2. The van der Waals surface area contributed by atoms with E-state index in [1.807, 2.05) is 18.2 Å². The van der Waals surface area contributed by atoms with Gasteiger partial charge in [-0.2, -0.15) is 0 Å². The average Bonchev–Trinajstić information content (AvgIpc) is 2.83. The lowest BCUT2D eigenvalue weighted by molar-refractivity contribution is 0.153. The highest BCUT2D eigenvalue weighted by atomic mass is 16.5. The molecule has 1 aliphatic heterocycles. The van der Waals surface area contributed by atoms with E-state index in [4.69, 9.17) is 19.2 Å². The van der Waals surface area contributed by atoms with Crippen LogP contribution in [0.2, 0.25) is 0 Å². The van der Waals surface area contributed by atoms with E-state index < -0.39 is 0 Å². The van der Waals surface area contributed by atoms with Crippen molar-refractivity contribution in [2.24, 2.45) is 0 Å². The molecule has 4 rings (SSSR count). The van der Waals surface area contributed by atoms with Crippen molar-refractivity contribution in [2.45, 2.75) is 26.1 Å². The van der Waals surface area contributed by atoms with Gasteiger partial charge < -0.3 is 14.2 Å². The van der Waals surface area contributed by atoms with Crippen molar-refractivity contribution in [3.05, 3.63) is 59.7 Å². The molecular weight excluding hydrogens is 340 g/mol. The Kier molecular flexibility index (Phi) is 4.86. The van der Waals surface area contributed by atoms with Crippen molar-refractivity contribution in [3.8, 4) is 17.4 Å². The first kappa shape index (κ1) is 17.6. The van der Waals surface area contributed by atoms with Crippen LogP contribution in [-0.2, 0) is 13.1 Å². The van der Waals surface area contributed by atoms with Crippen LogP contribution in [0.4, 0.5) is 0 Å². The Hall–Kier alpha value is -2.79. The van der Waals surface area contributed by atoms with Gasteiger partial charge in [-0.15, -0.1) is 0 Å². The van der Waals surface area contributed by atoms with Gasteiger partial charge in [-0.3, -0.25) is 4.90 Å². The van der Waals surface area contributed by atoms with Crippen LogP contribution in [0.5, 0.6) is 17.4 Å². The summed E-state index contributed by atoms with van der Waals surface area (Å²) in [7, 11) is 3.33. The maximum absolute atomic E-state index is 6.16. The van der Waals surface area contributed by atoms with E-state index in [0.29, 0.717) is 5.88 Å². The van der Waals surface area contributed by atoms with Gasteiger partial charge in [-0.25, -0.2) is 4.98 Å². The largest absolute Gasteiger partial charge is 0.496 e. The van der Waals surface area contributed by atoms with Gasteiger partial charge >= 0.3 is 0 Å². The molecule has 1 atom stereocenters. The molecule has 0 fully saturated rings. The number of hydrogen-bond donors (Lipinski definition) is 0. The van der Waals surface area contributed by atoms with E-state index in [9.17, 15) is 0 Å². The maximum atomic E-state index is 6.16.